The van der Waals surface area contributed by atoms with Crippen molar-refractivity contribution in [1.29, 1.82) is 5.26 Å². The van der Waals surface area contributed by atoms with Gasteiger partial charge in [0.2, 0.25) is 0 Å². The average Bonchev–Trinajstić information content (AvgIpc) is 2.31. The van der Waals surface area contributed by atoms with Crippen molar-refractivity contribution in [2.24, 2.45) is 0 Å². The summed E-state index contributed by atoms with van der Waals surface area (Å²) in [5.74, 6) is 0. The second-order valence-corrected chi connectivity index (χ2v) is 5.70. The molecule has 0 atom stereocenters. The summed E-state index contributed by atoms with van der Waals surface area (Å²) < 4.78 is 0. The summed E-state index contributed by atoms with van der Waals surface area (Å²) >= 11 is 0. The van der Waals surface area contributed by atoms with E-state index in [1.54, 1.807) is 0 Å². The van der Waals surface area contributed by atoms with Gasteiger partial charge in [-0.25, -0.2) is 0 Å². The van der Waals surface area contributed by atoms with Gasteiger partial charge in [-0.1, -0.05) is 32.1 Å². The van der Waals surface area contributed by atoms with E-state index in [0.717, 1.165) is 39.0 Å². The molecule has 1 saturated carbocycles. The van der Waals surface area contributed by atoms with E-state index in [9.17, 15) is 5.26 Å². The minimum Gasteiger partial charge on any atom is -0.304 e. The van der Waals surface area contributed by atoms with Crippen molar-refractivity contribution in [3.63, 3.8) is 0 Å². The van der Waals surface area contributed by atoms with Crippen molar-refractivity contribution in [3.8, 4) is 6.07 Å². The van der Waals surface area contributed by atoms with E-state index in [0.29, 0.717) is 0 Å². The maximum Gasteiger partial charge on any atom is 0.109 e. The molecule has 0 aromatic carbocycles. The highest BCUT2D eigenvalue weighted by atomic mass is 15.3. The number of piperazine rings is 1. The number of likely N-dealkylation sites (N-methyl/N-ethyl adjacent to an activating group) is 1. The van der Waals surface area contributed by atoms with Crippen molar-refractivity contribution in [2.45, 2.75) is 50.5 Å². The smallest absolute Gasteiger partial charge is 0.109 e. The van der Waals surface area contributed by atoms with Crippen LogP contribution in [0.25, 0.3) is 0 Å². The molecule has 1 heterocycles. The lowest BCUT2D eigenvalue weighted by molar-refractivity contribution is 0.0565. The third-order valence-corrected chi connectivity index (χ3v) is 4.50. The molecule has 1 aliphatic carbocycles. The van der Waals surface area contributed by atoms with E-state index in [4.69, 9.17) is 0 Å². The fourth-order valence-electron chi connectivity index (χ4n) is 3.22. The van der Waals surface area contributed by atoms with Gasteiger partial charge in [-0.2, -0.15) is 5.26 Å². The molecule has 0 amide bonds. The van der Waals surface area contributed by atoms with Gasteiger partial charge in [0, 0.05) is 26.2 Å². The highest BCUT2D eigenvalue weighted by Crippen LogP contribution is 2.31. The van der Waals surface area contributed by atoms with Gasteiger partial charge >= 0.3 is 0 Å². The Balaban J connectivity index is 2.03. The van der Waals surface area contributed by atoms with Crippen LogP contribution in [0.2, 0.25) is 0 Å². The Hall–Kier alpha value is -0.590. The molecular weight excluding hydrogens is 210 g/mol. The molecule has 3 nitrogen and oxygen atoms in total. The van der Waals surface area contributed by atoms with E-state index in [1.807, 2.05) is 0 Å². The fraction of sp³-hybridized carbons (Fsp3) is 0.929. The van der Waals surface area contributed by atoms with Gasteiger partial charge < -0.3 is 4.90 Å². The second kappa shape index (κ2) is 5.84. The summed E-state index contributed by atoms with van der Waals surface area (Å²) in [4.78, 5) is 4.84. The molecule has 1 aliphatic heterocycles. The summed E-state index contributed by atoms with van der Waals surface area (Å²) in [6.07, 6.45) is 8.65. The first-order chi connectivity index (χ1) is 8.27. The van der Waals surface area contributed by atoms with Crippen LogP contribution in [0.4, 0.5) is 0 Å². The summed E-state index contributed by atoms with van der Waals surface area (Å²) in [5, 5.41) is 9.67. The molecule has 1 saturated heterocycles. The lowest BCUT2D eigenvalue weighted by Crippen LogP contribution is -2.56. The van der Waals surface area contributed by atoms with Crippen LogP contribution in [0.15, 0.2) is 0 Å². The molecule has 0 unspecified atom stereocenters. The molecule has 0 aromatic rings. The summed E-state index contributed by atoms with van der Waals surface area (Å²) in [7, 11) is 2.18. The van der Waals surface area contributed by atoms with Gasteiger partial charge in [0.25, 0.3) is 0 Å². The van der Waals surface area contributed by atoms with E-state index < -0.39 is 0 Å². The molecule has 0 radical (unpaired) electrons. The zero-order valence-corrected chi connectivity index (χ0v) is 11.1. The van der Waals surface area contributed by atoms with Crippen LogP contribution in [0.3, 0.4) is 0 Å². The Morgan fingerprint density at radius 3 is 1.94 bits per heavy atom. The third-order valence-electron chi connectivity index (χ3n) is 4.50. The van der Waals surface area contributed by atoms with Crippen LogP contribution < -0.4 is 0 Å². The number of hydrogen-bond acceptors (Lipinski definition) is 3. The summed E-state index contributed by atoms with van der Waals surface area (Å²) in [5.41, 5.74) is -0.137. The van der Waals surface area contributed by atoms with Gasteiger partial charge in [0.15, 0.2) is 0 Å². The topological polar surface area (TPSA) is 30.3 Å². The van der Waals surface area contributed by atoms with Crippen molar-refractivity contribution >= 4 is 0 Å². The lowest BCUT2D eigenvalue weighted by atomic mass is 9.83. The molecule has 3 heteroatoms. The van der Waals surface area contributed by atoms with Crippen molar-refractivity contribution in [2.75, 3.05) is 33.2 Å². The number of hydrogen-bond donors (Lipinski definition) is 0. The van der Waals surface area contributed by atoms with Crippen molar-refractivity contribution in [1.82, 2.24) is 9.80 Å². The van der Waals surface area contributed by atoms with E-state index in [2.05, 4.69) is 22.9 Å². The summed E-state index contributed by atoms with van der Waals surface area (Å²) in [6, 6.07) is 2.68. The minimum absolute atomic E-state index is 0.137. The first kappa shape index (κ1) is 12.9. The molecule has 2 aliphatic rings. The Morgan fingerprint density at radius 2 is 1.41 bits per heavy atom. The summed E-state index contributed by atoms with van der Waals surface area (Å²) in [6.45, 7) is 4.38. The standard InChI is InChI=1S/C14H25N3/c1-16-9-11-17(12-10-16)14(13-15)7-5-3-2-4-6-8-14/h2-12H2,1H3. The third kappa shape index (κ3) is 3.00. The maximum absolute atomic E-state index is 9.67. The molecule has 96 valence electrons. The molecule has 0 bridgehead atoms. The number of rotatable bonds is 1. The molecule has 0 N–H and O–H groups in total. The first-order valence-electron chi connectivity index (χ1n) is 7.12. The molecule has 0 spiro atoms. The van der Waals surface area contributed by atoms with Crippen LogP contribution in [-0.4, -0.2) is 48.6 Å². The predicted octanol–water partition coefficient (Wildman–Crippen LogP) is 2.24. The van der Waals surface area contributed by atoms with E-state index in [-0.39, 0.29) is 5.54 Å². The SMILES string of the molecule is CN1CCN(C2(C#N)CCCCCCC2)CC1. The molecule has 0 aromatic heterocycles. The number of nitrogens with zero attached hydrogens (tertiary/aromatic N) is 3. The quantitative estimate of drug-likeness (QED) is 0.698. The van der Waals surface area contributed by atoms with E-state index >= 15 is 0 Å². The molecule has 17 heavy (non-hydrogen) atoms. The number of nitriles is 1. The maximum atomic E-state index is 9.67. The van der Waals surface area contributed by atoms with Crippen molar-refractivity contribution in [3.05, 3.63) is 0 Å². The van der Waals surface area contributed by atoms with Gasteiger partial charge in [0.05, 0.1) is 6.07 Å². The first-order valence-corrected chi connectivity index (χ1v) is 7.12. The molecule has 2 rings (SSSR count). The second-order valence-electron chi connectivity index (χ2n) is 5.70. The predicted molar refractivity (Wildman–Crippen MR) is 69.7 cm³/mol. The largest absolute Gasteiger partial charge is 0.304 e. The Morgan fingerprint density at radius 1 is 0.882 bits per heavy atom. The van der Waals surface area contributed by atoms with Crippen LogP contribution in [0.5, 0.6) is 0 Å². The fourth-order valence-corrected chi connectivity index (χ4v) is 3.22. The molecule has 2 fully saturated rings. The Labute approximate surface area is 105 Å². The van der Waals surface area contributed by atoms with Crippen LogP contribution in [-0.2, 0) is 0 Å². The normalized spacial score (nSPS) is 28.0. The molecular formula is C14H25N3. The highest BCUT2D eigenvalue weighted by Gasteiger charge is 2.37. The van der Waals surface area contributed by atoms with Gasteiger partial charge in [-0.05, 0) is 19.9 Å². The zero-order valence-electron chi connectivity index (χ0n) is 11.1. The van der Waals surface area contributed by atoms with Crippen LogP contribution in [0, 0.1) is 11.3 Å². The Kier molecular flexibility index (Phi) is 4.42. The highest BCUT2D eigenvalue weighted by molar-refractivity contribution is 5.09. The van der Waals surface area contributed by atoms with Gasteiger partial charge in [-0.3, -0.25) is 4.90 Å². The average molecular weight is 235 g/mol. The minimum atomic E-state index is -0.137. The van der Waals surface area contributed by atoms with E-state index in [1.165, 1.54) is 32.1 Å². The van der Waals surface area contributed by atoms with Crippen LogP contribution in [0.1, 0.15) is 44.9 Å². The zero-order chi connectivity index (χ0) is 12.1. The van der Waals surface area contributed by atoms with Crippen LogP contribution >= 0.6 is 0 Å². The van der Waals surface area contributed by atoms with Gasteiger partial charge in [0.1, 0.15) is 5.54 Å². The lowest BCUT2D eigenvalue weighted by Gasteiger charge is -2.44. The van der Waals surface area contributed by atoms with Crippen molar-refractivity contribution < 1.29 is 0 Å². The van der Waals surface area contributed by atoms with Gasteiger partial charge in [-0.15, -0.1) is 0 Å². The Bertz CT molecular complexity index is 266. The monoisotopic (exact) mass is 235 g/mol.